The van der Waals surface area contributed by atoms with Crippen LogP contribution in [0.3, 0.4) is 0 Å². The third-order valence-electron chi connectivity index (χ3n) is 4.34. The second-order valence-corrected chi connectivity index (χ2v) is 6.27. The molecule has 21 heavy (non-hydrogen) atoms. The molecule has 1 unspecified atom stereocenters. The van der Waals surface area contributed by atoms with E-state index in [0.29, 0.717) is 0 Å². The first kappa shape index (κ1) is 14.5. The highest BCUT2D eigenvalue weighted by molar-refractivity contribution is 6.21. The van der Waals surface area contributed by atoms with Crippen LogP contribution in [0.4, 0.5) is 5.69 Å². The predicted molar refractivity (Wildman–Crippen MR) is 91.4 cm³/mol. The highest BCUT2D eigenvalue weighted by Crippen LogP contribution is 2.30. The fraction of sp³-hybridized carbons (Fsp3) is 0.368. The first-order valence-corrected chi connectivity index (χ1v) is 8.27. The van der Waals surface area contributed by atoms with Gasteiger partial charge in [0.1, 0.15) is 0 Å². The molecule has 2 aromatic rings. The molecule has 1 heterocycles. The van der Waals surface area contributed by atoms with E-state index in [1.54, 1.807) is 0 Å². The van der Waals surface area contributed by atoms with E-state index in [9.17, 15) is 0 Å². The average molecular weight is 300 g/mol. The van der Waals surface area contributed by atoms with Crippen molar-refractivity contribution in [2.24, 2.45) is 0 Å². The van der Waals surface area contributed by atoms with E-state index in [1.807, 2.05) is 0 Å². The quantitative estimate of drug-likeness (QED) is 0.720. The Morgan fingerprint density at radius 2 is 1.86 bits per heavy atom. The third-order valence-corrected chi connectivity index (χ3v) is 4.73. The standard InChI is InChI=1S/C19H22ClN/c1-2-15-9-11-16(12-10-15)18(20)14-21-13-5-7-17-6-3-4-8-19(17)21/h3-4,6,8-12,18H,2,5,7,13-14H2,1H3. The SMILES string of the molecule is CCc1ccc(C(Cl)CN2CCCc3ccccc32)cc1. The van der Waals surface area contributed by atoms with Crippen molar-refractivity contribution in [3.05, 3.63) is 65.2 Å². The molecule has 0 radical (unpaired) electrons. The number of halogens is 1. The van der Waals surface area contributed by atoms with Crippen LogP contribution in [0.2, 0.25) is 0 Å². The van der Waals surface area contributed by atoms with Crippen LogP contribution in [0.25, 0.3) is 0 Å². The maximum absolute atomic E-state index is 6.66. The summed E-state index contributed by atoms with van der Waals surface area (Å²) >= 11 is 6.66. The average Bonchev–Trinajstić information content (AvgIpc) is 2.55. The molecule has 1 atom stereocenters. The second-order valence-electron chi connectivity index (χ2n) is 5.74. The van der Waals surface area contributed by atoms with Gasteiger partial charge in [0.2, 0.25) is 0 Å². The summed E-state index contributed by atoms with van der Waals surface area (Å²) in [5.41, 5.74) is 5.40. The molecular weight excluding hydrogens is 278 g/mol. The van der Waals surface area contributed by atoms with Gasteiger partial charge in [0.25, 0.3) is 0 Å². The molecule has 110 valence electrons. The van der Waals surface area contributed by atoms with E-state index >= 15 is 0 Å². The van der Waals surface area contributed by atoms with Gasteiger partial charge in [-0.15, -0.1) is 11.6 Å². The van der Waals surface area contributed by atoms with E-state index in [1.165, 1.54) is 35.2 Å². The van der Waals surface area contributed by atoms with Crippen LogP contribution in [-0.4, -0.2) is 13.1 Å². The minimum atomic E-state index is 0.0436. The zero-order valence-electron chi connectivity index (χ0n) is 12.6. The minimum Gasteiger partial charge on any atom is -0.369 e. The lowest BCUT2D eigenvalue weighted by atomic mass is 10.0. The van der Waals surface area contributed by atoms with Gasteiger partial charge in [-0.05, 0) is 42.0 Å². The molecule has 0 spiro atoms. The highest BCUT2D eigenvalue weighted by atomic mass is 35.5. The summed E-state index contributed by atoms with van der Waals surface area (Å²) < 4.78 is 0. The molecule has 1 aliphatic rings. The highest BCUT2D eigenvalue weighted by Gasteiger charge is 2.19. The number of nitrogens with zero attached hydrogens (tertiary/aromatic N) is 1. The number of alkyl halides is 1. The van der Waals surface area contributed by atoms with Crippen LogP contribution in [-0.2, 0) is 12.8 Å². The predicted octanol–water partition coefficient (Wildman–Crippen LogP) is 4.98. The summed E-state index contributed by atoms with van der Waals surface area (Å²) in [7, 11) is 0. The van der Waals surface area contributed by atoms with Crippen molar-refractivity contribution in [2.45, 2.75) is 31.6 Å². The van der Waals surface area contributed by atoms with Gasteiger partial charge in [0, 0.05) is 18.8 Å². The van der Waals surface area contributed by atoms with Crippen LogP contribution in [0, 0.1) is 0 Å². The Balaban J connectivity index is 1.74. The first-order chi connectivity index (χ1) is 10.3. The molecule has 0 aromatic heterocycles. The van der Waals surface area contributed by atoms with Gasteiger partial charge in [-0.25, -0.2) is 0 Å². The molecule has 1 nitrogen and oxygen atoms in total. The molecule has 0 saturated heterocycles. The topological polar surface area (TPSA) is 3.24 Å². The lowest BCUT2D eigenvalue weighted by Gasteiger charge is -2.32. The number of anilines is 1. The van der Waals surface area contributed by atoms with E-state index < -0.39 is 0 Å². The van der Waals surface area contributed by atoms with E-state index in [4.69, 9.17) is 11.6 Å². The van der Waals surface area contributed by atoms with Crippen molar-refractivity contribution >= 4 is 17.3 Å². The fourth-order valence-electron chi connectivity index (χ4n) is 3.06. The monoisotopic (exact) mass is 299 g/mol. The number of hydrogen-bond acceptors (Lipinski definition) is 1. The Labute approximate surface area is 132 Å². The summed E-state index contributed by atoms with van der Waals surface area (Å²) in [6.45, 7) is 4.16. The smallest absolute Gasteiger partial charge is 0.0760 e. The van der Waals surface area contributed by atoms with Crippen LogP contribution in [0.1, 0.15) is 35.4 Å². The van der Waals surface area contributed by atoms with Crippen LogP contribution in [0.15, 0.2) is 48.5 Å². The van der Waals surface area contributed by atoms with E-state index in [2.05, 4.69) is 60.4 Å². The molecule has 2 aromatic carbocycles. The summed E-state index contributed by atoms with van der Waals surface area (Å²) in [5, 5.41) is 0.0436. The van der Waals surface area contributed by atoms with Gasteiger partial charge in [-0.3, -0.25) is 0 Å². The normalized spacial score (nSPS) is 15.6. The molecule has 2 heteroatoms. The van der Waals surface area contributed by atoms with Crippen molar-refractivity contribution in [1.29, 1.82) is 0 Å². The number of fused-ring (bicyclic) bond motifs is 1. The molecular formula is C19H22ClN. The Kier molecular flexibility index (Phi) is 4.50. The van der Waals surface area contributed by atoms with Crippen molar-refractivity contribution in [3.8, 4) is 0 Å². The van der Waals surface area contributed by atoms with Crippen molar-refractivity contribution in [3.63, 3.8) is 0 Å². The number of para-hydroxylation sites is 1. The Bertz CT molecular complexity index is 591. The Morgan fingerprint density at radius 3 is 2.62 bits per heavy atom. The van der Waals surface area contributed by atoms with Gasteiger partial charge < -0.3 is 4.90 Å². The van der Waals surface area contributed by atoms with Gasteiger partial charge in [-0.1, -0.05) is 49.4 Å². The number of hydrogen-bond donors (Lipinski definition) is 0. The van der Waals surface area contributed by atoms with Crippen molar-refractivity contribution < 1.29 is 0 Å². The minimum absolute atomic E-state index is 0.0436. The van der Waals surface area contributed by atoms with Crippen molar-refractivity contribution in [1.82, 2.24) is 0 Å². The maximum atomic E-state index is 6.66. The molecule has 0 amide bonds. The van der Waals surface area contributed by atoms with Gasteiger partial charge in [-0.2, -0.15) is 0 Å². The molecule has 0 fully saturated rings. The van der Waals surface area contributed by atoms with Crippen LogP contribution >= 0.6 is 11.6 Å². The zero-order chi connectivity index (χ0) is 14.7. The van der Waals surface area contributed by atoms with E-state index in [-0.39, 0.29) is 5.38 Å². The fourth-order valence-corrected chi connectivity index (χ4v) is 3.37. The molecule has 3 rings (SSSR count). The first-order valence-electron chi connectivity index (χ1n) is 7.83. The Morgan fingerprint density at radius 1 is 1.10 bits per heavy atom. The maximum Gasteiger partial charge on any atom is 0.0760 e. The van der Waals surface area contributed by atoms with Crippen LogP contribution in [0.5, 0.6) is 0 Å². The largest absolute Gasteiger partial charge is 0.369 e. The third kappa shape index (κ3) is 3.24. The molecule has 0 bridgehead atoms. The lowest BCUT2D eigenvalue weighted by Crippen LogP contribution is -2.32. The van der Waals surface area contributed by atoms with E-state index in [0.717, 1.165) is 19.5 Å². The summed E-state index contributed by atoms with van der Waals surface area (Å²) in [4.78, 5) is 2.43. The molecule has 1 aliphatic heterocycles. The Hall–Kier alpha value is -1.47. The van der Waals surface area contributed by atoms with Gasteiger partial charge in [0.15, 0.2) is 0 Å². The molecule has 0 saturated carbocycles. The number of aryl methyl sites for hydroxylation is 2. The van der Waals surface area contributed by atoms with Gasteiger partial charge in [0.05, 0.1) is 5.38 Å². The molecule has 0 N–H and O–H groups in total. The van der Waals surface area contributed by atoms with Gasteiger partial charge >= 0.3 is 0 Å². The summed E-state index contributed by atoms with van der Waals surface area (Å²) in [6.07, 6.45) is 3.48. The zero-order valence-corrected chi connectivity index (χ0v) is 13.3. The number of benzene rings is 2. The number of rotatable bonds is 4. The summed E-state index contributed by atoms with van der Waals surface area (Å²) in [6, 6.07) is 17.4. The summed E-state index contributed by atoms with van der Waals surface area (Å²) in [5.74, 6) is 0. The second kappa shape index (κ2) is 6.53. The lowest BCUT2D eigenvalue weighted by molar-refractivity contribution is 0.680. The van der Waals surface area contributed by atoms with Crippen molar-refractivity contribution in [2.75, 3.05) is 18.0 Å². The van der Waals surface area contributed by atoms with Crippen LogP contribution < -0.4 is 4.90 Å². The molecule has 0 aliphatic carbocycles.